The Bertz CT molecular complexity index is 1260. The number of carbonyl (C=O) groups excluding carboxylic acids is 3. The number of rotatable bonds is 11. The van der Waals surface area contributed by atoms with Crippen LogP contribution in [0.1, 0.15) is 64.2 Å². The van der Waals surface area contributed by atoms with E-state index in [1.165, 1.54) is 37.3 Å². The summed E-state index contributed by atoms with van der Waals surface area (Å²) in [5.74, 6) is -4.07. The molecule has 1 heterocycles. The number of hydrogen-bond donors (Lipinski definition) is 7. The first-order chi connectivity index (χ1) is 20.3. The lowest BCUT2D eigenvalue weighted by Gasteiger charge is -2.25. The number of halogens is 1. The minimum Gasteiger partial charge on any atom is -0.481 e. The van der Waals surface area contributed by atoms with Gasteiger partial charge in [-0.25, -0.2) is 19.4 Å². The normalized spacial score (nSPS) is 11.2. The second-order valence-corrected chi connectivity index (χ2v) is 11.6. The number of anilines is 1. The topological polar surface area (TPSA) is 242 Å². The molecule has 2 rings (SSSR count). The van der Waals surface area contributed by atoms with Crippen LogP contribution in [-0.4, -0.2) is 85.0 Å². The van der Waals surface area contributed by atoms with Gasteiger partial charge in [0.15, 0.2) is 11.2 Å². The van der Waals surface area contributed by atoms with E-state index >= 15 is 0 Å². The molecule has 244 valence electrons. The van der Waals surface area contributed by atoms with Gasteiger partial charge in [-0.05, 0) is 59.2 Å². The number of carbonyl (C=O) groups is 6. The molecular formula is C27H37ClN4O11S. The second-order valence-electron chi connectivity index (χ2n) is 10.2. The summed E-state index contributed by atoms with van der Waals surface area (Å²) < 4.78 is 4.91. The molecule has 3 amide bonds. The number of hydrogen-bond acceptors (Lipinski definition) is 10. The number of nitrogens with one attached hydrogen (secondary N) is 3. The Morgan fingerprint density at radius 3 is 2.11 bits per heavy atom. The van der Waals surface area contributed by atoms with Crippen LogP contribution in [0.3, 0.4) is 0 Å². The third kappa shape index (κ3) is 18.3. The molecule has 0 spiro atoms. The highest BCUT2D eigenvalue weighted by atomic mass is 35.5. The first kappa shape index (κ1) is 39.7. The monoisotopic (exact) mass is 660 g/mol. The molecule has 0 saturated carbocycles. The van der Waals surface area contributed by atoms with Crippen molar-refractivity contribution >= 4 is 63.9 Å². The summed E-state index contributed by atoms with van der Waals surface area (Å²) in [7, 11) is 0. The van der Waals surface area contributed by atoms with E-state index in [1.807, 2.05) is 0 Å². The van der Waals surface area contributed by atoms with Gasteiger partial charge in [-0.2, -0.15) is 0 Å². The fourth-order valence-electron chi connectivity index (χ4n) is 2.54. The molecule has 0 saturated heterocycles. The Kier molecular flexibility index (Phi) is 17.2. The zero-order chi connectivity index (χ0) is 34.1. The number of carboxylic acids is 3. The Labute approximate surface area is 262 Å². The van der Waals surface area contributed by atoms with E-state index in [2.05, 4.69) is 20.9 Å². The van der Waals surface area contributed by atoms with Gasteiger partial charge in [0.05, 0.1) is 6.61 Å². The third-order valence-electron chi connectivity index (χ3n) is 4.69. The lowest BCUT2D eigenvalue weighted by atomic mass is 10.1. The molecule has 0 aliphatic heterocycles. The zero-order valence-corrected chi connectivity index (χ0v) is 26.3. The summed E-state index contributed by atoms with van der Waals surface area (Å²) in [6, 6.07) is 4.77. The zero-order valence-electron chi connectivity index (χ0n) is 24.7. The number of aliphatic hydroxyl groups is 1. The molecule has 0 radical (unpaired) electrons. The summed E-state index contributed by atoms with van der Waals surface area (Å²) in [6.07, 6.45) is 1.45. The van der Waals surface area contributed by atoms with E-state index in [0.717, 1.165) is 0 Å². The van der Waals surface area contributed by atoms with Crippen LogP contribution in [0, 0.1) is 0 Å². The summed E-state index contributed by atoms with van der Waals surface area (Å²) in [6.45, 7) is 7.24. The van der Waals surface area contributed by atoms with Crippen LogP contribution < -0.4 is 16.0 Å². The fraction of sp³-hybridized carbons (Fsp3) is 0.444. The van der Waals surface area contributed by atoms with Crippen LogP contribution in [0.2, 0.25) is 5.02 Å². The molecule has 1 aromatic carbocycles. The summed E-state index contributed by atoms with van der Waals surface area (Å²) in [5.41, 5.74) is -1.70. The molecular weight excluding hydrogens is 624 g/mol. The highest BCUT2D eigenvalue weighted by Gasteiger charge is 2.31. The average Bonchev–Trinajstić information content (AvgIpc) is 3.39. The van der Waals surface area contributed by atoms with E-state index in [0.29, 0.717) is 16.6 Å². The molecule has 15 nitrogen and oxygen atoms in total. The Morgan fingerprint density at radius 2 is 1.66 bits per heavy atom. The number of aromatic nitrogens is 1. The van der Waals surface area contributed by atoms with Crippen molar-refractivity contribution in [2.24, 2.45) is 0 Å². The molecule has 1 atom stereocenters. The minimum absolute atomic E-state index is 0.0191. The van der Waals surface area contributed by atoms with Crippen LogP contribution in [-0.2, 0) is 23.9 Å². The van der Waals surface area contributed by atoms with E-state index in [1.54, 1.807) is 44.5 Å². The molecule has 0 aliphatic carbocycles. The minimum atomic E-state index is -1.32. The summed E-state index contributed by atoms with van der Waals surface area (Å²) >= 11 is 7.01. The van der Waals surface area contributed by atoms with E-state index in [4.69, 9.17) is 36.8 Å². The highest BCUT2D eigenvalue weighted by molar-refractivity contribution is 7.13. The predicted octanol–water partition coefficient (Wildman–Crippen LogP) is 3.23. The fourth-order valence-corrected chi connectivity index (χ4v) is 3.27. The van der Waals surface area contributed by atoms with Gasteiger partial charge >= 0.3 is 24.0 Å². The van der Waals surface area contributed by atoms with E-state index < -0.39 is 53.7 Å². The number of aliphatic carboxylic acids is 3. The lowest BCUT2D eigenvalue weighted by molar-refractivity contribution is -0.143. The molecule has 0 bridgehead atoms. The Morgan fingerprint density at radius 1 is 1.02 bits per heavy atom. The van der Waals surface area contributed by atoms with Gasteiger partial charge in [0.25, 0.3) is 5.91 Å². The largest absolute Gasteiger partial charge is 0.481 e. The SMILES string of the molecule is CC(C)(C)OC(=O)NC(C)(C)C(=O)O.O=C(NC(CO)C(=O)O)c1cccc(Cl)c1.O=C(O)CCCC(=O)Nc1nccs1. The van der Waals surface area contributed by atoms with Gasteiger partial charge in [0.1, 0.15) is 11.1 Å². The van der Waals surface area contributed by atoms with Crippen LogP contribution in [0.15, 0.2) is 35.8 Å². The summed E-state index contributed by atoms with van der Waals surface area (Å²) in [4.78, 5) is 69.1. The second kappa shape index (κ2) is 19.1. The van der Waals surface area contributed by atoms with Gasteiger partial charge < -0.3 is 41.1 Å². The molecule has 7 N–H and O–H groups in total. The number of thiazole rings is 1. The van der Waals surface area contributed by atoms with Crippen molar-refractivity contribution in [1.82, 2.24) is 15.6 Å². The smallest absolute Gasteiger partial charge is 0.408 e. The van der Waals surface area contributed by atoms with Crippen molar-refractivity contribution in [2.75, 3.05) is 11.9 Å². The van der Waals surface area contributed by atoms with E-state index in [-0.39, 0.29) is 24.3 Å². The van der Waals surface area contributed by atoms with Crippen molar-refractivity contribution < 1.29 is 53.9 Å². The van der Waals surface area contributed by atoms with Gasteiger partial charge in [-0.1, -0.05) is 17.7 Å². The standard InChI is InChI=1S/C10H10ClNO4.C9H17NO4.C8H10N2O3S/c11-7-3-1-2-6(4-7)9(14)12-8(5-13)10(15)16;1-8(2,3)14-7(13)10-9(4,5)6(11)12;11-6(2-1-3-7(12)13)10-8-9-4-5-14-8/h1-4,8,13H,5H2,(H,12,14)(H,15,16);1-5H3,(H,10,13)(H,11,12);4-5H,1-3H2,(H,12,13)(H,9,10,11). The lowest BCUT2D eigenvalue weighted by Crippen LogP contribution is -2.51. The quantitative estimate of drug-likeness (QED) is 0.184. The van der Waals surface area contributed by atoms with Gasteiger partial charge in [0.2, 0.25) is 5.91 Å². The van der Waals surface area contributed by atoms with Crippen molar-refractivity contribution in [1.29, 1.82) is 0 Å². The Hall–Kier alpha value is -4.28. The van der Waals surface area contributed by atoms with Gasteiger partial charge in [-0.3, -0.25) is 14.4 Å². The van der Waals surface area contributed by atoms with Crippen LogP contribution in [0.25, 0.3) is 0 Å². The third-order valence-corrected chi connectivity index (χ3v) is 5.62. The number of ether oxygens (including phenoxy) is 1. The number of carboxylic acid groups (broad SMARTS) is 3. The van der Waals surface area contributed by atoms with Crippen LogP contribution in [0.4, 0.5) is 9.93 Å². The molecule has 1 unspecified atom stereocenters. The molecule has 0 fully saturated rings. The predicted molar refractivity (Wildman–Crippen MR) is 161 cm³/mol. The number of nitrogens with zero attached hydrogens (tertiary/aromatic N) is 1. The Balaban J connectivity index is 0.000000633. The first-order valence-electron chi connectivity index (χ1n) is 12.8. The maximum Gasteiger partial charge on any atom is 0.408 e. The van der Waals surface area contributed by atoms with Gasteiger partial charge in [-0.15, -0.1) is 11.3 Å². The average molecular weight is 661 g/mol. The maximum absolute atomic E-state index is 11.5. The first-order valence-corrected chi connectivity index (χ1v) is 14.1. The molecule has 44 heavy (non-hydrogen) atoms. The highest BCUT2D eigenvalue weighted by Crippen LogP contribution is 2.12. The van der Waals surface area contributed by atoms with Crippen LogP contribution in [0.5, 0.6) is 0 Å². The molecule has 17 heteroatoms. The molecule has 0 aliphatic rings. The number of amides is 3. The van der Waals surface area contributed by atoms with Crippen molar-refractivity contribution in [3.63, 3.8) is 0 Å². The van der Waals surface area contributed by atoms with Gasteiger partial charge in [0, 0.05) is 35.0 Å². The number of alkyl carbamates (subject to hydrolysis) is 1. The van der Waals surface area contributed by atoms with Crippen molar-refractivity contribution in [3.05, 3.63) is 46.4 Å². The van der Waals surface area contributed by atoms with Crippen LogP contribution >= 0.6 is 22.9 Å². The molecule has 2 aromatic rings. The number of benzene rings is 1. The van der Waals surface area contributed by atoms with Crippen molar-refractivity contribution in [3.8, 4) is 0 Å². The molecule has 1 aromatic heterocycles. The maximum atomic E-state index is 11.5. The number of aliphatic hydroxyl groups excluding tert-OH is 1. The summed E-state index contributed by atoms with van der Waals surface area (Å²) in [5, 5.41) is 44.1. The van der Waals surface area contributed by atoms with E-state index in [9.17, 15) is 28.8 Å². The van der Waals surface area contributed by atoms with Crippen molar-refractivity contribution in [2.45, 2.75) is 71.1 Å².